The second-order valence-electron chi connectivity index (χ2n) is 6.63. The molecule has 10 heteroatoms. The minimum Gasteiger partial charge on any atom is -0.469 e. The lowest BCUT2D eigenvalue weighted by molar-refractivity contribution is -0.148. The number of aliphatic hydroxyl groups excluding tert-OH is 1. The number of ether oxygens (including phenoxy) is 3. The van der Waals surface area contributed by atoms with Crippen LogP contribution in [0.2, 0.25) is 0 Å². The molecule has 30 heavy (non-hydrogen) atoms. The summed E-state index contributed by atoms with van der Waals surface area (Å²) in [6.45, 7) is 1.43. The van der Waals surface area contributed by atoms with Crippen LogP contribution in [-0.2, 0) is 35.2 Å². The number of nitrogens with one attached hydrogen (secondary N) is 2. The van der Waals surface area contributed by atoms with Crippen LogP contribution >= 0.6 is 0 Å². The predicted molar refractivity (Wildman–Crippen MR) is 105 cm³/mol. The van der Waals surface area contributed by atoms with Gasteiger partial charge in [0.15, 0.2) is 0 Å². The number of hydrogen-bond donors (Lipinski definition) is 3. The molecule has 1 aromatic rings. The number of amides is 2. The predicted octanol–water partition coefficient (Wildman–Crippen LogP) is 0.521. The van der Waals surface area contributed by atoms with E-state index in [4.69, 9.17) is 4.74 Å². The van der Waals surface area contributed by atoms with E-state index in [1.165, 1.54) is 7.11 Å². The van der Waals surface area contributed by atoms with Crippen LogP contribution in [-0.4, -0.2) is 62.0 Å². The second kappa shape index (κ2) is 13.2. The molecular weight excluding hydrogens is 396 g/mol. The van der Waals surface area contributed by atoms with Gasteiger partial charge in [0, 0.05) is 6.54 Å². The van der Waals surface area contributed by atoms with E-state index in [0.29, 0.717) is 0 Å². The van der Waals surface area contributed by atoms with Crippen LogP contribution in [0.5, 0.6) is 0 Å². The molecular formula is C20H28N2O8. The molecule has 0 spiro atoms. The van der Waals surface area contributed by atoms with Gasteiger partial charge >= 0.3 is 18.0 Å². The number of hydrogen-bond acceptors (Lipinski definition) is 8. The van der Waals surface area contributed by atoms with Crippen molar-refractivity contribution >= 4 is 23.9 Å². The normalized spacial score (nSPS) is 13.3. The Hall–Kier alpha value is -3.14. The van der Waals surface area contributed by atoms with Crippen LogP contribution in [0, 0.1) is 5.92 Å². The minimum absolute atomic E-state index is 0.0716. The van der Waals surface area contributed by atoms with Crippen LogP contribution in [0.1, 0.15) is 25.3 Å². The summed E-state index contributed by atoms with van der Waals surface area (Å²) in [6, 6.07) is 7.97. The van der Waals surface area contributed by atoms with Crippen molar-refractivity contribution < 1.29 is 38.5 Å². The monoisotopic (exact) mass is 424 g/mol. The fourth-order valence-corrected chi connectivity index (χ4v) is 2.52. The van der Waals surface area contributed by atoms with Gasteiger partial charge in [0.05, 0.1) is 33.2 Å². The molecule has 0 heterocycles. The molecule has 0 aliphatic heterocycles. The molecule has 3 N–H and O–H groups in total. The van der Waals surface area contributed by atoms with Gasteiger partial charge in [-0.25, -0.2) is 9.59 Å². The smallest absolute Gasteiger partial charge is 0.407 e. The number of aliphatic hydroxyl groups is 1. The second-order valence-corrected chi connectivity index (χ2v) is 6.63. The van der Waals surface area contributed by atoms with Crippen LogP contribution in [0.25, 0.3) is 0 Å². The van der Waals surface area contributed by atoms with Crippen molar-refractivity contribution in [3.63, 3.8) is 0 Å². The summed E-state index contributed by atoms with van der Waals surface area (Å²) in [5.41, 5.74) is 0.808. The third-order valence-electron chi connectivity index (χ3n) is 4.17. The number of alkyl carbamates (subject to hydrolysis) is 1. The molecule has 0 radical (unpaired) electrons. The van der Waals surface area contributed by atoms with Crippen molar-refractivity contribution in [1.29, 1.82) is 0 Å². The first-order valence-electron chi connectivity index (χ1n) is 9.33. The minimum atomic E-state index is -1.21. The zero-order valence-corrected chi connectivity index (χ0v) is 17.3. The maximum absolute atomic E-state index is 12.2. The maximum Gasteiger partial charge on any atom is 0.407 e. The van der Waals surface area contributed by atoms with Gasteiger partial charge in [-0.1, -0.05) is 37.3 Å². The fourth-order valence-electron chi connectivity index (χ4n) is 2.52. The Kier molecular flexibility index (Phi) is 10.9. The number of esters is 2. The molecule has 0 aromatic heterocycles. The lowest BCUT2D eigenvalue weighted by Crippen LogP contribution is -2.47. The Morgan fingerprint density at radius 1 is 1.03 bits per heavy atom. The first-order valence-corrected chi connectivity index (χ1v) is 9.33. The molecule has 3 atom stereocenters. The van der Waals surface area contributed by atoms with Crippen LogP contribution in [0.15, 0.2) is 30.3 Å². The molecule has 0 saturated carbocycles. The van der Waals surface area contributed by atoms with E-state index >= 15 is 0 Å². The van der Waals surface area contributed by atoms with Gasteiger partial charge in [0.2, 0.25) is 5.91 Å². The third kappa shape index (κ3) is 9.37. The number of rotatable bonds is 11. The molecule has 0 saturated heterocycles. The standard InChI is InChI=1S/C20H28N2O8/c1-13(9-17(25)28-2)18(19(26)29-3)22-16(24)10-15(23)11-21-20(27)30-12-14-7-5-4-6-8-14/h4-8,13,15,18,23H,9-12H2,1-3H3,(H,21,27)(H,22,24)/t13-,15-,18-/m0/s1. The van der Waals surface area contributed by atoms with Gasteiger partial charge in [-0.2, -0.15) is 0 Å². The van der Waals surface area contributed by atoms with Crippen molar-refractivity contribution in [2.75, 3.05) is 20.8 Å². The van der Waals surface area contributed by atoms with Crippen molar-refractivity contribution in [3.05, 3.63) is 35.9 Å². The van der Waals surface area contributed by atoms with Crippen LogP contribution in [0.4, 0.5) is 4.79 Å². The van der Waals surface area contributed by atoms with Crippen LogP contribution in [0.3, 0.4) is 0 Å². The average molecular weight is 424 g/mol. The van der Waals surface area contributed by atoms with E-state index < -0.39 is 42.0 Å². The number of carbonyl (C=O) groups excluding carboxylic acids is 4. The Labute approximate surface area is 174 Å². The molecule has 1 aromatic carbocycles. The van der Waals surface area contributed by atoms with Crippen molar-refractivity contribution in [2.45, 2.75) is 38.5 Å². The molecule has 0 aliphatic rings. The Balaban J connectivity index is 2.43. The van der Waals surface area contributed by atoms with Gasteiger partial charge in [-0.05, 0) is 11.5 Å². The highest BCUT2D eigenvalue weighted by atomic mass is 16.5. The number of benzene rings is 1. The fraction of sp³-hybridized carbons (Fsp3) is 0.500. The quantitative estimate of drug-likeness (QED) is 0.345. The van der Waals surface area contributed by atoms with E-state index in [0.717, 1.165) is 12.7 Å². The summed E-state index contributed by atoms with van der Waals surface area (Å²) in [6.07, 6.45) is -2.42. The molecule has 1 rings (SSSR count). The third-order valence-corrected chi connectivity index (χ3v) is 4.17. The molecule has 166 valence electrons. The van der Waals surface area contributed by atoms with Gasteiger partial charge in [0.25, 0.3) is 0 Å². The maximum atomic E-state index is 12.2. The van der Waals surface area contributed by atoms with Crippen molar-refractivity contribution in [2.24, 2.45) is 5.92 Å². The molecule has 0 fully saturated rings. The molecule has 2 amide bonds. The summed E-state index contributed by atoms with van der Waals surface area (Å²) in [5, 5.41) is 14.8. The first-order chi connectivity index (χ1) is 14.3. The highest BCUT2D eigenvalue weighted by Gasteiger charge is 2.30. The summed E-state index contributed by atoms with van der Waals surface area (Å²) in [5.74, 6) is -2.49. The summed E-state index contributed by atoms with van der Waals surface area (Å²) in [4.78, 5) is 47.2. The molecule has 0 bridgehead atoms. The summed E-state index contributed by atoms with van der Waals surface area (Å²) in [7, 11) is 2.38. The summed E-state index contributed by atoms with van der Waals surface area (Å²) < 4.78 is 14.2. The van der Waals surface area contributed by atoms with E-state index in [2.05, 4.69) is 20.1 Å². The SMILES string of the molecule is COC(=O)C[C@H](C)[C@H](NC(=O)C[C@H](O)CNC(=O)OCc1ccccc1)C(=O)OC. The Bertz CT molecular complexity index is 710. The van der Waals surface area contributed by atoms with Gasteiger partial charge in [0.1, 0.15) is 12.6 Å². The highest BCUT2D eigenvalue weighted by molar-refractivity contribution is 5.85. The molecule has 10 nitrogen and oxygen atoms in total. The van der Waals surface area contributed by atoms with E-state index in [1.807, 2.05) is 18.2 Å². The van der Waals surface area contributed by atoms with E-state index in [-0.39, 0.29) is 26.0 Å². The first kappa shape index (κ1) is 24.9. The highest BCUT2D eigenvalue weighted by Crippen LogP contribution is 2.11. The van der Waals surface area contributed by atoms with E-state index in [9.17, 15) is 24.3 Å². The topological polar surface area (TPSA) is 140 Å². The van der Waals surface area contributed by atoms with Gasteiger partial charge in [-0.3, -0.25) is 9.59 Å². The molecule has 0 unspecified atom stereocenters. The largest absolute Gasteiger partial charge is 0.469 e. The Morgan fingerprint density at radius 2 is 1.70 bits per heavy atom. The van der Waals surface area contributed by atoms with Crippen LogP contribution < -0.4 is 10.6 Å². The zero-order valence-electron chi connectivity index (χ0n) is 17.3. The van der Waals surface area contributed by atoms with E-state index in [1.54, 1.807) is 19.1 Å². The molecule has 0 aliphatic carbocycles. The van der Waals surface area contributed by atoms with Gasteiger partial charge < -0.3 is 30.0 Å². The zero-order chi connectivity index (χ0) is 22.5. The van der Waals surface area contributed by atoms with Gasteiger partial charge in [-0.15, -0.1) is 0 Å². The Morgan fingerprint density at radius 3 is 2.30 bits per heavy atom. The summed E-state index contributed by atoms with van der Waals surface area (Å²) >= 11 is 0. The van der Waals surface area contributed by atoms with Crippen molar-refractivity contribution in [1.82, 2.24) is 10.6 Å². The lowest BCUT2D eigenvalue weighted by Gasteiger charge is -2.22. The number of methoxy groups -OCH3 is 2. The average Bonchev–Trinajstić information content (AvgIpc) is 2.74. The number of carbonyl (C=O) groups is 4. The van der Waals surface area contributed by atoms with Crippen molar-refractivity contribution in [3.8, 4) is 0 Å². The lowest BCUT2D eigenvalue weighted by atomic mass is 9.98.